The number of carbonyl (C=O) groups is 2. The van der Waals surface area contributed by atoms with Gasteiger partial charge in [0, 0.05) is 48.4 Å². The lowest BCUT2D eigenvalue weighted by molar-refractivity contribution is -0.135. The van der Waals surface area contributed by atoms with E-state index in [2.05, 4.69) is 11.4 Å². The Labute approximate surface area is 209 Å². The van der Waals surface area contributed by atoms with E-state index in [4.69, 9.17) is 23.2 Å². The van der Waals surface area contributed by atoms with Crippen molar-refractivity contribution < 1.29 is 9.59 Å². The lowest BCUT2D eigenvalue weighted by atomic mass is 9.96. The molecule has 1 aliphatic carbocycles. The number of piperidine rings is 1. The van der Waals surface area contributed by atoms with Crippen molar-refractivity contribution in [2.24, 2.45) is 13.0 Å². The fraction of sp³-hybridized carbons (Fsp3) is 0.423. The van der Waals surface area contributed by atoms with Crippen LogP contribution in [0.4, 0.5) is 5.69 Å². The molecule has 1 aromatic heterocycles. The number of likely N-dealkylation sites (tertiary alicyclic amines) is 1. The normalized spacial score (nSPS) is 16.6. The van der Waals surface area contributed by atoms with E-state index in [-0.39, 0.29) is 22.2 Å². The number of hydrogen-bond acceptors (Lipinski definition) is 3. The minimum absolute atomic E-state index is 0.184. The third kappa shape index (κ3) is 5.39. The number of rotatable bonds is 4. The van der Waals surface area contributed by atoms with Gasteiger partial charge >= 0.3 is 0 Å². The van der Waals surface area contributed by atoms with Gasteiger partial charge in [-0.25, -0.2) is 0 Å². The van der Waals surface area contributed by atoms with E-state index in [9.17, 15) is 14.4 Å². The molecule has 0 atom stereocenters. The number of halogens is 2. The van der Waals surface area contributed by atoms with Crippen molar-refractivity contribution in [1.29, 1.82) is 0 Å². The highest BCUT2D eigenvalue weighted by molar-refractivity contribution is 6.31. The van der Waals surface area contributed by atoms with Gasteiger partial charge in [0.25, 0.3) is 11.5 Å². The number of hydrogen-bond donors (Lipinski definition) is 1. The van der Waals surface area contributed by atoms with Gasteiger partial charge < -0.3 is 14.8 Å². The van der Waals surface area contributed by atoms with Crippen LogP contribution >= 0.6 is 23.2 Å². The predicted octanol–water partition coefficient (Wildman–Crippen LogP) is 5.45. The number of aromatic nitrogens is 1. The highest BCUT2D eigenvalue weighted by atomic mass is 35.5. The van der Waals surface area contributed by atoms with Crippen LogP contribution < -0.4 is 10.9 Å². The number of nitrogens with zero attached hydrogens (tertiary/aromatic N) is 2. The Morgan fingerprint density at radius 1 is 1.06 bits per heavy atom. The molecular weight excluding hydrogens is 473 g/mol. The van der Waals surface area contributed by atoms with E-state index >= 15 is 0 Å². The van der Waals surface area contributed by atoms with Gasteiger partial charge in [-0.15, -0.1) is 0 Å². The zero-order valence-corrected chi connectivity index (χ0v) is 21.0. The van der Waals surface area contributed by atoms with E-state index in [1.807, 2.05) is 17.9 Å². The molecule has 2 aliphatic rings. The smallest absolute Gasteiger partial charge is 0.255 e. The van der Waals surface area contributed by atoms with Crippen LogP contribution in [0.5, 0.6) is 0 Å². The van der Waals surface area contributed by atoms with Crippen LogP contribution in [0.25, 0.3) is 6.08 Å². The molecule has 1 saturated heterocycles. The van der Waals surface area contributed by atoms with Gasteiger partial charge in [0.2, 0.25) is 5.91 Å². The fourth-order valence-electron chi connectivity index (χ4n) is 4.72. The van der Waals surface area contributed by atoms with Crippen molar-refractivity contribution in [2.45, 2.75) is 45.4 Å². The summed E-state index contributed by atoms with van der Waals surface area (Å²) in [5, 5.41) is 3.55. The number of anilines is 1. The van der Waals surface area contributed by atoms with Gasteiger partial charge in [0.05, 0.1) is 0 Å². The summed E-state index contributed by atoms with van der Waals surface area (Å²) >= 11 is 12.4. The van der Waals surface area contributed by atoms with E-state index < -0.39 is 5.91 Å². The lowest BCUT2D eigenvalue weighted by Crippen LogP contribution is -2.39. The Hall–Kier alpha value is -2.57. The van der Waals surface area contributed by atoms with E-state index in [1.165, 1.54) is 22.3 Å². The first-order valence-electron chi connectivity index (χ1n) is 11.7. The molecule has 0 bridgehead atoms. The maximum absolute atomic E-state index is 12.8. The highest BCUT2D eigenvalue weighted by Gasteiger charge is 2.28. The van der Waals surface area contributed by atoms with Crippen LogP contribution in [0.3, 0.4) is 0 Å². The fourth-order valence-corrected chi connectivity index (χ4v) is 5.14. The molecule has 1 saturated carbocycles. The minimum atomic E-state index is -0.428. The number of amides is 2. The number of nitrogens with one attached hydrogen (secondary N) is 1. The molecule has 34 heavy (non-hydrogen) atoms. The van der Waals surface area contributed by atoms with Crippen LogP contribution in [0.2, 0.25) is 10.2 Å². The van der Waals surface area contributed by atoms with Crippen molar-refractivity contribution in [2.75, 3.05) is 18.4 Å². The summed E-state index contributed by atoms with van der Waals surface area (Å²) in [6.07, 6.45) is 8.15. The second kappa shape index (κ2) is 10.4. The Morgan fingerprint density at radius 2 is 1.74 bits per heavy atom. The van der Waals surface area contributed by atoms with Crippen LogP contribution in [0.1, 0.15) is 60.0 Å². The minimum Gasteiger partial charge on any atom is -0.342 e. The first-order valence-corrected chi connectivity index (χ1v) is 12.4. The topological polar surface area (TPSA) is 71.4 Å². The van der Waals surface area contributed by atoms with E-state index in [1.54, 1.807) is 13.1 Å². The van der Waals surface area contributed by atoms with Crippen molar-refractivity contribution in [3.05, 3.63) is 67.1 Å². The molecule has 2 fully saturated rings. The highest BCUT2D eigenvalue weighted by Crippen LogP contribution is 2.31. The summed E-state index contributed by atoms with van der Waals surface area (Å²) in [6, 6.07) is 6.29. The van der Waals surface area contributed by atoms with Crippen molar-refractivity contribution in [3.63, 3.8) is 0 Å². The van der Waals surface area contributed by atoms with Gasteiger partial charge in [-0.2, -0.15) is 0 Å². The molecule has 1 N–H and O–H groups in total. The molecule has 0 spiro atoms. The molecule has 8 heteroatoms. The summed E-state index contributed by atoms with van der Waals surface area (Å²) in [6.45, 7) is 3.41. The van der Waals surface area contributed by atoms with Crippen LogP contribution in [0.15, 0.2) is 34.6 Å². The number of benzene rings is 1. The van der Waals surface area contributed by atoms with Crippen LogP contribution in [0, 0.1) is 12.8 Å². The summed E-state index contributed by atoms with van der Waals surface area (Å²) in [5.41, 5.74) is 3.47. The Morgan fingerprint density at radius 3 is 2.38 bits per heavy atom. The molecule has 180 valence electrons. The maximum atomic E-state index is 12.8. The van der Waals surface area contributed by atoms with E-state index in [0.29, 0.717) is 16.6 Å². The van der Waals surface area contributed by atoms with Gasteiger partial charge in [-0.05, 0) is 61.9 Å². The Bertz CT molecular complexity index is 1200. The molecule has 4 rings (SSSR count). The largest absolute Gasteiger partial charge is 0.342 e. The summed E-state index contributed by atoms with van der Waals surface area (Å²) in [5.74, 6) is 0.102. The monoisotopic (exact) mass is 501 g/mol. The quantitative estimate of drug-likeness (QED) is 0.566. The van der Waals surface area contributed by atoms with Gasteiger partial charge in [0.15, 0.2) is 0 Å². The first-order chi connectivity index (χ1) is 16.2. The third-order valence-electron chi connectivity index (χ3n) is 6.91. The molecule has 0 radical (unpaired) electrons. The molecule has 2 heterocycles. The first kappa shape index (κ1) is 24.6. The molecule has 2 aromatic rings. The van der Waals surface area contributed by atoms with Crippen LogP contribution in [-0.4, -0.2) is 34.4 Å². The molecular formula is C26H29Cl2N3O3. The number of pyridine rings is 1. The van der Waals surface area contributed by atoms with Crippen LogP contribution in [-0.2, 0) is 11.8 Å². The zero-order valence-electron chi connectivity index (χ0n) is 19.5. The van der Waals surface area contributed by atoms with Gasteiger partial charge in [-0.3, -0.25) is 14.4 Å². The van der Waals surface area contributed by atoms with E-state index in [0.717, 1.165) is 62.7 Å². The Balaban J connectivity index is 1.48. The molecule has 2 amide bonds. The van der Waals surface area contributed by atoms with Crippen molar-refractivity contribution in [3.8, 4) is 0 Å². The summed E-state index contributed by atoms with van der Waals surface area (Å²) < 4.78 is 1.26. The van der Waals surface area contributed by atoms with Crippen molar-refractivity contribution >= 4 is 46.8 Å². The number of carbonyl (C=O) groups excluding carboxylic acids is 2. The van der Waals surface area contributed by atoms with Gasteiger partial charge in [0.1, 0.15) is 5.15 Å². The standard InChI is InChI=1S/C26H29Cl2N3O3/c1-16-19(11-17-7-9-31(10-8-17)26(34)18-5-3-4-6-18)12-21(27)15-22(16)29-25(33)20-13-23(28)30(2)24(32)14-20/h11-15,18H,3-10H2,1-2H3,(H,29,33). The summed E-state index contributed by atoms with van der Waals surface area (Å²) in [4.78, 5) is 39.5. The third-order valence-corrected chi connectivity index (χ3v) is 7.49. The second-order valence-electron chi connectivity index (χ2n) is 9.19. The van der Waals surface area contributed by atoms with Gasteiger partial charge in [-0.1, -0.05) is 47.7 Å². The second-order valence-corrected chi connectivity index (χ2v) is 10.0. The molecule has 6 nitrogen and oxygen atoms in total. The molecule has 0 unspecified atom stereocenters. The molecule has 1 aromatic carbocycles. The molecule has 1 aliphatic heterocycles. The lowest BCUT2D eigenvalue weighted by Gasteiger charge is -2.30. The zero-order chi connectivity index (χ0) is 24.4. The average molecular weight is 502 g/mol. The predicted molar refractivity (Wildman–Crippen MR) is 137 cm³/mol. The maximum Gasteiger partial charge on any atom is 0.255 e. The Kier molecular flexibility index (Phi) is 7.48. The summed E-state index contributed by atoms with van der Waals surface area (Å²) in [7, 11) is 1.54. The SMILES string of the molecule is Cc1c(C=C2CCN(C(=O)C3CCCC3)CC2)cc(Cl)cc1NC(=O)c1cc(Cl)n(C)c(=O)c1. The average Bonchev–Trinajstić information content (AvgIpc) is 3.35. The van der Waals surface area contributed by atoms with Crippen molar-refractivity contribution in [1.82, 2.24) is 9.47 Å².